The maximum Gasteiger partial charge on any atom is 0.197 e. The molecule has 26 heavy (non-hydrogen) atoms. The molecule has 2 unspecified atom stereocenters. The molecule has 0 spiro atoms. The van der Waals surface area contributed by atoms with Crippen LogP contribution in [0.2, 0.25) is 0 Å². The van der Waals surface area contributed by atoms with Crippen LogP contribution in [0.5, 0.6) is 5.75 Å². The van der Waals surface area contributed by atoms with Gasteiger partial charge in [0, 0.05) is 18.6 Å². The molecule has 2 heterocycles. The number of hydrogen-bond donors (Lipinski definition) is 0. The first-order valence-electron chi connectivity index (χ1n) is 9.07. The minimum absolute atomic E-state index is 0.0554. The Hall–Kier alpha value is -2.37. The Bertz CT molecular complexity index is 804. The fourth-order valence-electron chi connectivity index (χ4n) is 3.76. The van der Waals surface area contributed by atoms with Gasteiger partial charge in [-0.25, -0.2) is 9.90 Å². The van der Waals surface area contributed by atoms with Crippen molar-refractivity contribution in [1.82, 2.24) is 0 Å². The van der Waals surface area contributed by atoms with Crippen LogP contribution in [-0.2, 0) is 15.1 Å². The number of fused-ring (bicyclic) bond motifs is 3. The molecule has 1 saturated heterocycles. The van der Waals surface area contributed by atoms with Gasteiger partial charge in [0.25, 0.3) is 0 Å². The second-order valence-corrected chi connectivity index (χ2v) is 6.69. The average Bonchev–Trinajstić information content (AvgIpc) is 3.17. The summed E-state index contributed by atoms with van der Waals surface area (Å²) in [6.07, 6.45) is 2.07. The number of Topliss-reactive ketones (excluding diaryl/α,β-unsaturated/α-hetero) is 1. The van der Waals surface area contributed by atoms with Crippen molar-refractivity contribution in [2.24, 2.45) is 0 Å². The van der Waals surface area contributed by atoms with Gasteiger partial charge in [0.15, 0.2) is 17.6 Å². The van der Waals surface area contributed by atoms with E-state index in [9.17, 15) is 4.79 Å². The summed E-state index contributed by atoms with van der Waals surface area (Å²) in [5, 5.41) is 1.75. The number of nitrogens with zero attached hydrogens (tertiary/aromatic N) is 1. The molecule has 136 valence electrons. The van der Waals surface area contributed by atoms with Gasteiger partial charge in [0.05, 0.1) is 12.8 Å². The van der Waals surface area contributed by atoms with Crippen molar-refractivity contribution in [2.45, 2.75) is 38.0 Å². The predicted molar refractivity (Wildman–Crippen MR) is 98.3 cm³/mol. The lowest BCUT2D eigenvalue weighted by Crippen LogP contribution is -2.42. The molecule has 2 atom stereocenters. The minimum Gasteiger partial charge on any atom is -0.497 e. The molecule has 5 heteroatoms. The molecule has 0 aromatic heterocycles. The second-order valence-electron chi connectivity index (χ2n) is 6.69. The molecular formula is C21H23NO4. The molecular weight excluding hydrogens is 330 g/mol. The van der Waals surface area contributed by atoms with Gasteiger partial charge in [-0.05, 0) is 36.2 Å². The van der Waals surface area contributed by atoms with Crippen molar-refractivity contribution >= 4 is 11.5 Å². The number of ketones is 1. The van der Waals surface area contributed by atoms with E-state index in [0.29, 0.717) is 18.6 Å². The minimum atomic E-state index is -0.882. The first kappa shape index (κ1) is 17.1. The van der Waals surface area contributed by atoms with Crippen LogP contribution in [-0.4, -0.2) is 25.8 Å². The normalized spacial score (nSPS) is 23.8. The van der Waals surface area contributed by atoms with Crippen molar-refractivity contribution in [3.8, 4) is 5.75 Å². The number of rotatable bonds is 6. The lowest BCUT2D eigenvalue weighted by Gasteiger charge is -2.29. The van der Waals surface area contributed by atoms with Crippen LogP contribution in [0.25, 0.3) is 0 Å². The Morgan fingerprint density at radius 2 is 1.96 bits per heavy atom. The van der Waals surface area contributed by atoms with Crippen LogP contribution in [0.3, 0.4) is 0 Å². The van der Waals surface area contributed by atoms with Gasteiger partial charge >= 0.3 is 0 Å². The van der Waals surface area contributed by atoms with Crippen molar-refractivity contribution in [3.63, 3.8) is 0 Å². The summed E-state index contributed by atoms with van der Waals surface area (Å²) in [5.41, 5.74) is 1.50. The number of anilines is 1. The molecule has 0 saturated carbocycles. The summed E-state index contributed by atoms with van der Waals surface area (Å²) >= 11 is 0. The number of methoxy groups -OCH3 is 1. The number of para-hydroxylation sites is 1. The summed E-state index contributed by atoms with van der Waals surface area (Å²) in [7, 11) is 1.63. The van der Waals surface area contributed by atoms with Gasteiger partial charge in [-0.2, -0.15) is 0 Å². The van der Waals surface area contributed by atoms with E-state index >= 15 is 0 Å². The molecule has 4 rings (SSSR count). The molecule has 1 fully saturated rings. The lowest BCUT2D eigenvalue weighted by molar-refractivity contribution is -0.119. The summed E-state index contributed by atoms with van der Waals surface area (Å²) < 4.78 is 11.2. The topological polar surface area (TPSA) is 48.0 Å². The maximum absolute atomic E-state index is 13.4. The zero-order valence-electron chi connectivity index (χ0n) is 15.1. The van der Waals surface area contributed by atoms with E-state index in [-0.39, 0.29) is 5.78 Å². The van der Waals surface area contributed by atoms with Crippen LogP contribution < -0.4 is 9.80 Å². The van der Waals surface area contributed by atoms with Gasteiger partial charge in [-0.1, -0.05) is 37.6 Å². The third-order valence-corrected chi connectivity index (χ3v) is 5.14. The first-order chi connectivity index (χ1) is 12.7. The highest BCUT2D eigenvalue weighted by molar-refractivity contribution is 6.14. The van der Waals surface area contributed by atoms with Gasteiger partial charge in [0.2, 0.25) is 0 Å². The van der Waals surface area contributed by atoms with E-state index in [1.165, 1.54) is 0 Å². The van der Waals surface area contributed by atoms with Crippen molar-refractivity contribution < 1.29 is 19.1 Å². The highest BCUT2D eigenvalue weighted by Gasteiger charge is 2.59. The second kappa shape index (κ2) is 6.74. The predicted octanol–water partition coefficient (Wildman–Crippen LogP) is 4.07. The van der Waals surface area contributed by atoms with Gasteiger partial charge in [-0.3, -0.25) is 4.79 Å². The number of hydrogen-bond acceptors (Lipinski definition) is 5. The van der Waals surface area contributed by atoms with Crippen LogP contribution in [0.1, 0.15) is 42.1 Å². The number of ether oxygens (including phenoxy) is 2. The molecule has 0 aliphatic carbocycles. The van der Waals surface area contributed by atoms with Gasteiger partial charge in [0.1, 0.15) is 5.75 Å². The summed E-state index contributed by atoms with van der Waals surface area (Å²) in [4.78, 5) is 19.5. The molecule has 2 aliphatic heterocycles. The van der Waals surface area contributed by atoms with E-state index in [1.807, 2.05) is 48.5 Å². The Kier molecular flexibility index (Phi) is 4.42. The van der Waals surface area contributed by atoms with Crippen molar-refractivity contribution in [2.75, 3.05) is 18.8 Å². The number of unbranched alkanes of at least 4 members (excludes halogenated alkanes) is 1. The highest BCUT2D eigenvalue weighted by Crippen LogP contribution is 2.52. The molecule has 5 nitrogen and oxygen atoms in total. The van der Waals surface area contributed by atoms with E-state index in [4.69, 9.17) is 14.3 Å². The van der Waals surface area contributed by atoms with Crippen molar-refractivity contribution in [3.05, 3.63) is 59.7 Å². The Labute approximate surface area is 153 Å². The zero-order valence-corrected chi connectivity index (χ0v) is 15.1. The third-order valence-electron chi connectivity index (χ3n) is 5.14. The molecule has 0 bridgehead atoms. The zero-order chi connectivity index (χ0) is 18.1. The van der Waals surface area contributed by atoms with E-state index < -0.39 is 11.8 Å². The monoisotopic (exact) mass is 353 g/mol. The maximum atomic E-state index is 13.4. The van der Waals surface area contributed by atoms with Crippen LogP contribution in [0, 0.1) is 0 Å². The summed E-state index contributed by atoms with van der Waals surface area (Å²) in [6, 6.07) is 15.2. The number of benzene rings is 2. The van der Waals surface area contributed by atoms with Gasteiger partial charge in [-0.15, -0.1) is 0 Å². The summed E-state index contributed by atoms with van der Waals surface area (Å²) in [6.45, 7) is 2.75. The highest BCUT2D eigenvalue weighted by atomic mass is 16.8. The molecule has 0 radical (unpaired) electrons. The van der Waals surface area contributed by atoms with Gasteiger partial charge < -0.3 is 9.47 Å². The number of carbonyl (C=O) groups is 1. The fraction of sp³-hybridized carbons (Fsp3) is 0.381. The lowest BCUT2D eigenvalue weighted by atomic mass is 9.83. The Morgan fingerprint density at radius 1 is 1.19 bits per heavy atom. The van der Waals surface area contributed by atoms with E-state index in [0.717, 1.165) is 29.8 Å². The summed E-state index contributed by atoms with van der Waals surface area (Å²) in [5.74, 6) is 0.814. The van der Waals surface area contributed by atoms with Crippen LogP contribution in [0.4, 0.5) is 5.69 Å². The van der Waals surface area contributed by atoms with E-state index in [1.54, 1.807) is 12.2 Å². The number of hydroxylamine groups is 1. The molecule has 2 aliphatic rings. The largest absolute Gasteiger partial charge is 0.497 e. The smallest absolute Gasteiger partial charge is 0.197 e. The van der Waals surface area contributed by atoms with Crippen LogP contribution in [0.15, 0.2) is 48.5 Å². The fourth-order valence-corrected chi connectivity index (χ4v) is 3.76. The molecule has 0 amide bonds. The number of carbonyl (C=O) groups excluding carboxylic acids is 1. The molecule has 2 aromatic carbocycles. The average molecular weight is 353 g/mol. The Balaban J connectivity index is 1.73. The Morgan fingerprint density at radius 3 is 2.69 bits per heavy atom. The van der Waals surface area contributed by atoms with Crippen LogP contribution >= 0.6 is 0 Å². The van der Waals surface area contributed by atoms with E-state index in [2.05, 4.69) is 6.92 Å². The molecule has 2 aromatic rings. The quantitative estimate of drug-likeness (QED) is 0.733. The standard InChI is InChI=1S/C21H23NO4/c1-3-4-13-25-19-14-21(15-9-11-16(24-2)12-10-15)20(23)17-7-5-6-8-18(17)22(21)26-19/h5-12,19H,3-4,13-14H2,1-2H3. The first-order valence-corrected chi connectivity index (χ1v) is 9.07. The molecule has 0 N–H and O–H groups in total. The third kappa shape index (κ3) is 2.50. The SMILES string of the molecule is CCCCOC1CC2(c3ccc(OC)cc3)C(=O)c3ccccc3N2O1. The van der Waals surface area contributed by atoms with Crippen molar-refractivity contribution in [1.29, 1.82) is 0 Å².